The zero-order valence-electron chi connectivity index (χ0n) is 35.9. The Labute approximate surface area is 360 Å². The second kappa shape index (κ2) is 23.5. The molecule has 0 radical (unpaired) electrons. The van der Waals surface area contributed by atoms with Crippen molar-refractivity contribution in [1.82, 2.24) is 0 Å². The molecule has 0 aliphatic rings. The summed E-state index contributed by atoms with van der Waals surface area (Å²) in [5.74, 6) is 2.09. The molecule has 0 saturated carbocycles. The van der Waals surface area contributed by atoms with E-state index in [-0.39, 0.29) is 0 Å². The second-order valence-electron chi connectivity index (χ2n) is 16.4. The Kier molecular flexibility index (Phi) is 18.2. The molecule has 0 fully saturated rings. The molecule has 57 heavy (non-hydrogen) atoms. The normalized spacial score (nSPS) is 11.9. The number of hydrogen-bond acceptors (Lipinski definition) is 7. The lowest BCUT2D eigenvalue weighted by atomic mass is 10.0. The summed E-state index contributed by atoms with van der Waals surface area (Å²) in [7, 11) is 0. The third kappa shape index (κ3) is 12.1. The van der Waals surface area contributed by atoms with E-state index in [1.165, 1.54) is 183 Å². The molecule has 0 unspecified atom stereocenters. The summed E-state index contributed by atoms with van der Waals surface area (Å²) in [6, 6.07) is 11.9. The molecule has 4 aromatic heterocycles. The van der Waals surface area contributed by atoms with Gasteiger partial charge < -0.3 is 14.2 Å². The van der Waals surface area contributed by atoms with Crippen LogP contribution in [0.3, 0.4) is 0 Å². The summed E-state index contributed by atoms with van der Waals surface area (Å²) < 4.78 is 23.9. The topological polar surface area (TPSA) is 27.7 Å². The molecule has 0 bridgehead atoms. The van der Waals surface area contributed by atoms with Crippen LogP contribution in [0.2, 0.25) is 0 Å². The van der Waals surface area contributed by atoms with Crippen LogP contribution < -0.4 is 14.2 Å². The number of aryl methyl sites for hydroxylation is 2. The first kappa shape index (κ1) is 44.2. The molecule has 0 saturated heterocycles. The van der Waals surface area contributed by atoms with Crippen LogP contribution in [-0.4, -0.2) is 19.8 Å². The minimum atomic E-state index is 0.755. The van der Waals surface area contributed by atoms with Gasteiger partial charge in [0.15, 0.2) is 5.06 Å². The Morgan fingerprint density at radius 2 is 0.947 bits per heavy atom. The smallest absolute Gasteiger partial charge is 0.175 e. The van der Waals surface area contributed by atoms with E-state index in [4.69, 9.17) is 14.2 Å². The summed E-state index contributed by atoms with van der Waals surface area (Å²) in [5, 5.41) is 7.29. The van der Waals surface area contributed by atoms with Gasteiger partial charge in [0.2, 0.25) is 0 Å². The van der Waals surface area contributed by atoms with Gasteiger partial charge in [-0.15, -0.1) is 34.0 Å². The summed E-state index contributed by atoms with van der Waals surface area (Å²) in [4.78, 5) is 5.39. The SMILES string of the molecule is CCCCCCCCCCCCOc1cc2c(-c3cc4cc5c(OCCCCCCCC)c6sc(C)cc6c(OCCCCCCCC)c5cc4s3)sc(C)c2s1. The average molecular weight is 847 g/mol. The van der Waals surface area contributed by atoms with E-state index in [9.17, 15) is 0 Å². The fourth-order valence-electron chi connectivity index (χ4n) is 8.17. The van der Waals surface area contributed by atoms with E-state index in [1.807, 2.05) is 45.3 Å². The fraction of sp³-hybridized carbons (Fsp3) is 0.600. The zero-order chi connectivity index (χ0) is 39.8. The van der Waals surface area contributed by atoms with Gasteiger partial charge in [-0.1, -0.05) is 154 Å². The predicted molar refractivity (Wildman–Crippen MR) is 258 cm³/mol. The molecule has 0 aliphatic carbocycles. The van der Waals surface area contributed by atoms with Gasteiger partial charge in [0.25, 0.3) is 0 Å². The van der Waals surface area contributed by atoms with Gasteiger partial charge in [-0.3, -0.25) is 0 Å². The largest absolute Gasteiger partial charge is 0.492 e. The molecule has 3 nitrogen and oxygen atoms in total. The molecule has 312 valence electrons. The maximum Gasteiger partial charge on any atom is 0.175 e. The summed E-state index contributed by atoms with van der Waals surface area (Å²) in [6.07, 6.45) is 28.6. The lowest BCUT2D eigenvalue weighted by Gasteiger charge is -2.16. The van der Waals surface area contributed by atoms with Gasteiger partial charge in [-0.2, -0.15) is 0 Å². The predicted octanol–water partition coefficient (Wildman–Crippen LogP) is 18.6. The zero-order valence-corrected chi connectivity index (χ0v) is 39.2. The number of rotatable bonds is 29. The molecule has 6 aromatic rings. The van der Waals surface area contributed by atoms with Crippen LogP contribution in [0, 0.1) is 13.8 Å². The maximum atomic E-state index is 6.82. The number of benzene rings is 2. The van der Waals surface area contributed by atoms with E-state index >= 15 is 0 Å². The van der Waals surface area contributed by atoms with Crippen molar-refractivity contribution < 1.29 is 14.2 Å². The first-order chi connectivity index (χ1) is 28.0. The van der Waals surface area contributed by atoms with E-state index < -0.39 is 0 Å². The number of hydrogen-bond donors (Lipinski definition) is 0. The number of unbranched alkanes of at least 4 members (excludes halogenated alkanes) is 19. The van der Waals surface area contributed by atoms with Crippen molar-refractivity contribution in [1.29, 1.82) is 0 Å². The second-order valence-corrected chi connectivity index (χ2v) is 20.9. The molecule has 0 atom stereocenters. The Hall–Kier alpha value is -2.32. The monoisotopic (exact) mass is 846 g/mol. The van der Waals surface area contributed by atoms with Crippen molar-refractivity contribution in [3.8, 4) is 26.3 Å². The van der Waals surface area contributed by atoms with Crippen molar-refractivity contribution >= 4 is 86.4 Å². The van der Waals surface area contributed by atoms with Gasteiger partial charge in [0.05, 0.1) is 34.1 Å². The highest BCUT2D eigenvalue weighted by Gasteiger charge is 2.22. The fourth-order valence-corrected chi connectivity index (χ4v) is 12.7. The first-order valence-corrected chi connectivity index (χ1v) is 26.1. The molecule has 0 N–H and O–H groups in total. The van der Waals surface area contributed by atoms with Crippen molar-refractivity contribution in [2.45, 2.75) is 176 Å². The molecule has 2 aromatic carbocycles. The van der Waals surface area contributed by atoms with Crippen molar-refractivity contribution in [3.63, 3.8) is 0 Å². The van der Waals surface area contributed by atoms with Gasteiger partial charge in [0.1, 0.15) is 11.5 Å². The van der Waals surface area contributed by atoms with Gasteiger partial charge in [-0.05, 0) is 62.8 Å². The van der Waals surface area contributed by atoms with E-state index in [0.29, 0.717) is 0 Å². The van der Waals surface area contributed by atoms with Crippen LogP contribution in [0.15, 0.2) is 30.3 Å². The van der Waals surface area contributed by atoms with Gasteiger partial charge in [-0.25, -0.2) is 0 Å². The minimum Gasteiger partial charge on any atom is -0.492 e. The molecule has 0 amide bonds. The lowest BCUT2D eigenvalue weighted by molar-refractivity contribution is 0.306. The summed E-state index contributed by atoms with van der Waals surface area (Å²) in [6.45, 7) is 13.7. The van der Waals surface area contributed by atoms with Crippen LogP contribution in [0.1, 0.15) is 172 Å². The van der Waals surface area contributed by atoms with Crippen LogP contribution in [0.5, 0.6) is 16.6 Å². The van der Waals surface area contributed by atoms with Crippen molar-refractivity contribution in [2.75, 3.05) is 19.8 Å². The number of ether oxygens (including phenoxy) is 3. The Morgan fingerprint density at radius 1 is 0.421 bits per heavy atom. The number of thiophene rings is 4. The molecule has 4 heterocycles. The third-order valence-electron chi connectivity index (χ3n) is 11.4. The Morgan fingerprint density at radius 3 is 1.54 bits per heavy atom. The van der Waals surface area contributed by atoms with Crippen LogP contribution in [0.4, 0.5) is 0 Å². The van der Waals surface area contributed by atoms with Crippen LogP contribution >= 0.6 is 45.3 Å². The van der Waals surface area contributed by atoms with E-state index in [2.05, 4.69) is 65.0 Å². The minimum absolute atomic E-state index is 0.755. The van der Waals surface area contributed by atoms with Crippen LogP contribution in [-0.2, 0) is 0 Å². The molecule has 0 aliphatic heterocycles. The third-order valence-corrected chi connectivity index (χ3v) is 16.2. The Balaban J connectivity index is 1.21. The van der Waals surface area contributed by atoms with Gasteiger partial charge >= 0.3 is 0 Å². The molecular weight excluding hydrogens is 777 g/mol. The average Bonchev–Trinajstić information content (AvgIpc) is 3.99. The van der Waals surface area contributed by atoms with Crippen molar-refractivity contribution in [3.05, 3.63) is 40.1 Å². The molecule has 7 heteroatoms. The van der Waals surface area contributed by atoms with Crippen LogP contribution in [0.25, 0.3) is 50.8 Å². The first-order valence-electron chi connectivity index (χ1n) is 22.9. The highest BCUT2D eigenvalue weighted by Crippen LogP contribution is 2.51. The van der Waals surface area contributed by atoms with Gasteiger partial charge in [0, 0.05) is 46.9 Å². The molecule has 0 spiro atoms. The maximum absolute atomic E-state index is 6.82. The standard InChI is InChI=1S/C50H70O3S4/c1-6-9-12-15-18-19-20-21-24-25-28-51-45-35-42-48(57-45)37(5)55-49(42)44-33-38-32-39-40(34-43(38)56-44)46(52-29-26-22-16-13-10-7-2)41-31-36(4)54-50(41)47(39)53-30-27-23-17-14-11-8-3/h31-35H,6-30H2,1-5H3. The quantitative estimate of drug-likeness (QED) is 0.0440. The van der Waals surface area contributed by atoms with E-state index in [1.54, 1.807) is 0 Å². The van der Waals surface area contributed by atoms with Crippen molar-refractivity contribution in [2.24, 2.45) is 0 Å². The molecule has 6 rings (SSSR count). The summed E-state index contributed by atoms with van der Waals surface area (Å²) in [5.41, 5.74) is 0. The lowest BCUT2D eigenvalue weighted by Crippen LogP contribution is -2.01. The van der Waals surface area contributed by atoms with E-state index in [0.717, 1.165) is 55.6 Å². The molecular formula is C50H70O3S4. The Bertz CT molecular complexity index is 2000. The summed E-state index contributed by atoms with van der Waals surface area (Å²) >= 11 is 7.52. The highest BCUT2D eigenvalue weighted by molar-refractivity contribution is 7.30. The number of fused-ring (bicyclic) bond motifs is 4. The highest BCUT2D eigenvalue weighted by atomic mass is 32.1.